The van der Waals surface area contributed by atoms with E-state index < -0.39 is 0 Å². The third-order valence-corrected chi connectivity index (χ3v) is 6.28. The molecule has 2 aromatic rings. The number of halogens is 1. The van der Waals surface area contributed by atoms with Crippen LogP contribution in [0.4, 0.5) is 5.69 Å². The third-order valence-electron chi connectivity index (χ3n) is 5.97. The highest BCUT2D eigenvalue weighted by Crippen LogP contribution is 2.26. The number of piperidine rings is 2. The Morgan fingerprint density at radius 2 is 1.79 bits per heavy atom. The fraction of sp³-hybridized carbons (Fsp3) is 0.455. The summed E-state index contributed by atoms with van der Waals surface area (Å²) in [6.45, 7) is 3.96. The van der Waals surface area contributed by atoms with Crippen LogP contribution in [0.3, 0.4) is 0 Å². The molecule has 0 aliphatic carbocycles. The van der Waals surface area contributed by atoms with Gasteiger partial charge in [0.25, 0.3) is 11.8 Å². The Hall–Kier alpha value is -2.31. The average molecular weight is 415 g/mol. The number of hydrogen-bond acceptors (Lipinski definition) is 3. The number of benzene rings is 1. The lowest BCUT2D eigenvalue weighted by molar-refractivity contribution is 0.0590. The van der Waals surface area contributed by atoms with Gasteiger partial charge in [0.15, 0.2) is 0 Å². The van der Waals surface area contributed by atoms with E-state index in [0.29, 0.717) is 28.0 Å². The topological polar surface area (TPSA) is 68.4 Å². The highest BCUT2D eigenvalue weighted by Gasteiger charge is 2.28. The molecular formula is C22H27ClN4O2. The Bertz CT molecular complexity index is 854. The average Bonchev–Trinajstić information content (AvgIpc) is 3.30. The summed E-state index contributed by atoms with van der Waals surface area (Å²) in [5, 5.41) is 3.13. The molecule has 0 unspecified atom stereocenters. The van der Waals surface area contributed by atoms with Crippen LogP contribution >= 0.6 is 11.6 Å². The van der Waals surface area contributed by atoms with Gasteiger partial charge in [0.2, 0.25) is 0 Å². The van der Waals surface area contributed by atoms with Crippen molar-refractivity contribution in [3.63, 3.8) is 0 Å². The highest BCUT2D eigenvalue weighted by molar-refractivity contribution is 6.34. The first-order valence-electron chi connectivity index (χ1n) is 10.4. The molecule has 0 radical (unpaired) electrons. The number of carbonyl (C=O) groups is 2. The third kappa shape index (κ3) is 4.65. The van der Waals surface area contributed by atoms with Gasteiger partial charge in [0.05, 0.1) is 10.7 Å². The molecule has 0 saturated carbocycles. The summed E-state index contributed by atoms with van der Waals surface area (Å²) in [5.41, 5.74) is 1.51. The predicted molar refractivity (Wildman–Crippen MR) is 115 cm³/mol. The molecule has 154 valence electrons. The first-order chi connectivity index (χ1) is 14.1. The van der Waals surface area contributed by atoms with Crippen LogP contribution in [0.2, 0.25) is 5.02 Å². The Kier molecular flexibility index (Phi) is 6.21. The van der Waals surface area contributed by atoms with Crippen molar-refractivity contribution in [2.45, 2.75) is 38.1 Å². The summed E-state index contributed by atoms with van der Waals surface area (Å²) in [6.07, 6.45) is 7.69. The van der Waals surface area contributed by atoms with E-state index in [1.54, 1.807) is 36.5 Å². The molecule has 2 fully saturated rings. The number of likely N-dealkylation sites (tertiary alicyclic amines) is 2. The number of carbonyl (C=O) groups excluding carboxylic acids is 2. The summed E-state index contributed by atoms with van der Waals surface area (Å²) >= 11 is 6.34. The van der Waals surface area contributed by atoms with Gasteiger partial charge in [-0.15, -0.1) is 0 Å². The van der Waals surface area contributed by atoms with Crippen LogP contribution in [0.5, 0.6) is 0 Å². The molecule has 29 heavy (non-hydrogen) atoms. The molecule has 2 amide bonds. The quantitative estimate of drug-likeness (QED) is 0.794. The number of aromatic amines is 1. The maximum atomic E-state index is 12.9. The van der Waals surface area contributed by atoms with E-state index in [2.05, 4.69) is 15.2 Å². The highest BCUT2D eigenvalue weighted by atomic mass is 35.5. The molecule has 7 heteroatoms. The first kappa shape index (κ1) is 20.0. The molecular weight excluding hydrogens is 388 g/mol. The second kappa shape index (κ2) is 9.01. The van der Waals surface area contributed by atoms with Crippen LogP contribution in [-0.4, -0.2) is 58.8 Å². The van der Waals surface area contributed by atoms with E-state index in [0.717, 1.165) is 25.9 Å². The smallest absolute Gasteiger partial charge is 0.272 e. The van der Waals surface area contributed by atoms with Crippen molar-refractivity contribution in [1.82, 2.24) is 14.8 Å². The van der Waals surface area contributed by atoms with Crippen molar-refractivity contribution in [1.29, 1.82) is 0 Å². The lowest BCUT2D eigenvalue weighted by Gasteiger charge is -2.40. The maximum Gasteiger partial charge on any atom is 0.272 e. The van der Waals surface area contributed by atoms with Crippen LogP contribution in [0.1, 0.15) is 53.0 Å². The van der Waals surface area contributed by atoms with Crippen molar-refractivity contribution >= 4 is 29.1 Å². The first-order valence-corrected chi connectivity index (χ1v) is 10.8. The minimum Gasteiger partial charge on any atom is -0.357 e. The maximum absolute atomic E-state index is 12.9. The lowest BCUT2D eigenvalue weighted by atomic mass is 9.99. The largest absolute Gasteiger partial charge is 0.357 e. The summed E-state index contributed by atoms with van der Waals surface area (Å²) in [7, 11) is 0. The SMILES string of the molecule is O=C(Nc1ccc(C(=O)N2CCC(N3CCCCC3)CC2)cc1Cl)c1ccc[nH]1. The standard InChI is InChI=1S/C22H27ClN4O2/c23-18-15-16(6-7-19(18)25-21(28)20-5-4-10-24-20)22(29)27-13-8-17(9-14-27)26-11-2-1-3-12-26/h4-7,10,15,17,24H,1-3,8-9,11-14H2,(H,25,28). The molecule has 1 aromatic carbocycles. The number of anilines is 1. The zero-order chi connectivity index (χ0) is 20.2. The van der Waals surface area contributed by atoms with E-state index in [9.17, 15) is 9.59 Å². The fourth-order valence-electron chi connectivity index (χ4n) is 4.31. The Balaban J connectivity index is 1.35. The van der Waals surface area contributed by atoms with Gasteiger partial charge in [0.1, 0.15) is 5.69 Å². The van der Waals surface area contributed by atoms with E-state index >= 15 is 0 Å². The van der Waals surface area contributed by atoms with Crippen molar-refractivity contribution < 1.29 is 9.59 Å². The van der Waals surface area contributed by atoms with Gasteiger partial charge >= 0.3 is 0 Å². The Morgan fingerprint density at radius 3 is 2.45 bits per heavy atom. The minimum atomic E-state index is -0.268. The molecule has 0 spiro atoms. The molecule has 2 aliphatic heterocycles. The van der Waals surface area contributed by atoms with E-state index in [1.165, 1.54) is 32.4 Å². The molecule has 2 aliphatic rings. The van der Waals surface area contributed by atoms with Crippen LogP contribution in [-0.2, 0) is 0 Å². The summed E-state index contributed by atoms with van der Waals surface area (Å²) < 4.78 is 0. The van der Waals surface area contributed by atoms with E-state index in [1.807, 2.05) is 4.90 Å². The van der Waals surface area contributed by atoms with Gasteiger partial charge in [-0.2, -0.15) is 0 Å². The second-order valence-electron chi connectivity index (χ2n) is 7.85. The molecule has 4 rings (SSSR count). The number of nitrogens with zero attached hydrogens (tertiary/aromatic N) is 2. The second-order valence-corrected chi connectivity index (χ2v) is 8.26. The number of hydrogen-bond donors (Lipinski definition) is 2. The molecule has 2 N–H and O–H groups in total. The molecule has 2 saturated heterocycles. The Morgan fingerprint density at radius 1 is 1.03 bits per heavy atom. The fourth-order valence-corrected chi connectivity index (χ4v) is 4.54. The number of aromatic nitrogens is 1. The van der Waals surface area contributed by atoms with E-state index in [-0.39, 0.29) is 11.8 Å². The Labute approximate surface area is 176 Å². The van der Waals surface area contributed by atoms with Gasteiger partial charge in [-0.05, 0) is 69.1 Å². The van der Waals surface area contributed by atoms with Gasteiger partial charge in [0, 0.05) is 30.9 Å². The number of nitrogens with one attached hydrogen (secondary N) is 2. The van der Waals surface area contributed by atoms with Gasteiger partial charge in [-0.25, -0.2) is 0 Å². The normalized spacial score (nSPS) is 18.6. The molecule has 0 atom stereocenters. The van der Waals surface area contributed by atoms with Crippen LogP contribution < -0.4 is 5.32 Å². The van der Waals surface area contributed by atoms with Gasteiger partial charge in [-0.3, -0.25) is 9.59 Å². The summed E-state index contributed by atoms with van der Waals surface area (Å²) in [4.78, 5) is 32.5. The number of amides is 2. The van der Waals surface area contributed by atoms with Crippen molar-refractivity contribution in [2.75, 3.05) is 31.5 Å². The van der Waals surface area contributed by atoms with Crippen LogP contribution in [0.15, 0.2) is 36.5 Å². The summed E-state index contributed by atoms with van der Waals surface area (Å²) in [5.74, 6) is -0.262. The van der Waals surface area contributed by atoms with Crippen molar-refractivity contribution in [2.24, 2.45) is 0 Å². The monoisotopic (exact) mass is 414 g/mol. The predicted octanol–water partition coefficient (Wildman–Crippen LogP) is 4.01. The molecule has 0 bridgehead atoms. The zero-order valence-corrected chi connectivity index (χ0v) is 17.3. The van der Waals surface area contributed by atoms with Crippen molar-refractivity contribution in [3.05, 3.63) is 52.8 Å². The summed E-state index contributed by atoms with van der Waals surface area (Å²) in [6, 6.07) is 9.12. The van der Waals surface area contributed by atoms with Crippen molar-refractivity contribution in [3.8, 4) is 0 Å². The van der Waals surface area contributed by atoms with Crippen LogP contribution in [0.25, 0.3) is 0 Å². The molecule has 1 aromatic heterocycles. The zero-order valence-electron chi connectivity index (χ0n) is 16.5. The van der Waals surface area contributed by atoms with Crippen LogP contribution in [0, 0.1) is 0 Å². The molecule has 3 heterocycles. The van der Waals surface area contributed by atoms with Gasteiger partial charge in [-0.1, -0.05) is 18.0 Å². The molecule has 6 nitrogen and oxygen atoms in total. The lowest BCUT2D eigenvalue weighted by Crippen LogP contribution is -2.48. The minimum absolute atomic E-state index is 0.00578. The van der Waals surface area contributed by atoms with Gasteiger partial charge < -0.3 is 20.1 Å². The van der Waals surface area contributed by atoms with E-state index in [4.69, 9.17) is 11.6 Å². The number of rotatable bonds is 4. The number of H-pyrrole nitrogens is 1.